The van der Waals surface area contributed by atoms with Gasteiger partial charge in [0.2, 0.25) is 0 Å². The average molecular weight is 1140 g/mol. The number of ether oxygens (including phenoxy) is 3. The third-order valence-electron chi connectivity index (χ3n) is 15.3. The minimum atomic E-state index is -0.787. The molecule has 6 heteroatoms. The number of hydrogen-bond donors (Lipinski definition) is 0. The van der Waals surface area contributed by atoms with E-state index in [2.05, 4.69) is 118 Å². The third-order valence-corrected chi connectivity index (χ3v) is 15.3. The summed E-state index contributed by atoms with van der Waals surface area (Å²) in [5.41, 5.74) is 0. The van der Waals surface area contributed by atoms with Gasteiger partial charge in [-0.25, -0.2) is 0 Å². The van der Waals surface area contributed by atoms with Crippen molar-refractivity contribution in [1.29, 1.82) is 0 Å². The summed E-state index contributed by atoms with van der Waals surface area (Å²) in [5.74, 6) is -0.886. The van der Waals surface area contributed by atoms with Crippen molar-refractivity contribution in [3.63, 3.8) is 0 Å². The number of unbranched alkanes of at least 4 members (excludes halogenated alkanes) is 37. The van der Waals surface area contributed by atoms with E-state index in [1.54, 1.807) is 0 Å². The van der Waals surface area contributed by atoms with Crippen LogP contribution in [-0.4, -0.2) is 37.2 Å². The number of carbonyl (C=O) groups is 3. The molecule has 6 nitrogen and oxygen atoms in total. The Morgan fingerprint density at radius 2 is 0.476 bits per heavy atom. The highest BCUT2D eigenvalue weighted by atomic mass is 16.6. The molecule has 0 aromatic heterocycles. The third kappa shape index (κ3) is 67.1. The first-order valence-corrected chi connectivity index (χ1v) is 35.2. The Kier molecular flexibility index (Phi) is 66.7. The van der Waals surface area contributed by atoms with Gasteiger partial charge in [-0.2, -0.15) is 0 Å². The van der Waals surface area contributed by atoms with Gasteiger partial charge in [-0.15, -0.1) is 0 Å². The van der Waals surface area contributed by atoms with Crippen LogP contribution in [0.3, 0.4) is 0 Å². The highest BCUT2D eigenvalue weighted by molar-refractivity contribution is 5.71. The molecule has 0 aromatic carbocycles. The van der Waals surface area contributed by atoms with Crippen LogP contribution in [0.25, 0.3) is 0 Å². The molecule has 0 aliphatic carbocycles. The fraction of sp³-hybridized carbons (Fsp3) is 0.750. The summed E-state index contributed by atoms with van der Waals surface area (Å²) in [6.45, 7) is 6.45. The highest BCUT2D eigenvalue weighted by Gasteiger charge is 2.19. The maximum absolute atomic E-state index is 13.0. The van der Waals surface area contributed by atoms with Crippen molar-refractivity contribution in [2.24, 2.45) is 0 Å². The second-order valence-electron chi connectivity index (χ2n) is 23.4. The van der Waals surface area contributed by atoms with Crippen molar-refractivity contribution in [1.82, 2.24) is 0 Å². The molecule has 0 fully saturated rings. The Morgan fingerprint density at radius 1 is 0.256 bits per heavy atom. The Labute approximate surface area is 508 Å². The average Bonchev–Trinajstić information content (AvgIpc) is 3.47. The molecule has 0 rings (SSSR count). The highest BCUT2D eigenvalue weighted by Crippen LogP contribution is 2.18. The van der Waals surface area contributed by atoms with Crippen molar-refractivity contribution in [3.05, 3.63) is 97.2 Å². The summed E-state index contributed by atoms with van der Waals surface area (Å²) in [5, 5.41) is 0. The van der Waals surface area contributed by atoms with Crippen LogP contribution in [0.4, 0.5) is 0 Å². The summed E-state index contributed by atoms with van der Waals surface area (Å²) in [6, 6.07) is 0. The lowest BCUT2D eigenvalue weighted by molar-refractivity contribution is -0.167. The number of esters is 3. The van der Waals surface area contributed by atoms with E-state index in [-0.39, 0.29) is 31.1 Å². The van der Waals surface area contributed by atoms with E-state index in [0.717, 1.165) is 122 Å². The predicted octanol–water partition coefficient (Wildman–Crippen LogP) is 24.4. The molecular formula is C76H132O6. The first-order chi connectivity index (χ1) is 40.5. The summed E-state index contributed by atoms with van der Waals surface area (Å²) in [7, 11) is 0. The molecule has 82 heavy (non-hydrogen) atoms. The van der Waals surface area contributed by atoms with E-state index >= 15 is 0 Å². The fourth-order valence-corrected chi connectivity index (χ4v) is 10.1. The lowest BCUT2D eigenvalue weighted by Gasteiger charge is -2.18. The van der Waals surface area contributed by atoms with Crippen LogP contribution in [0.2, 0.25) is 0 Å². The molecule has 0 aliphatic heterocycles. The minimum absolute atomic E-state index is 0.0813. The molecule has 0 radical (unpaired) electrons. The zero-order valence-corrected chi connectivity index (χ0v) is 54.2. The smallest absolute Gasteiger partial charge is 0.306 e. The summed E-state index contributed by atoms with van der Waals surface area (Å²) in [4.78, 5) is 38.5. The second-order valence-corrected chi connectivity index (χ2v) is 23.4. The van der Waals surface area contributed by atoms with E-state index < -0.39 is 6.10 Å². The zero-order chi connectivity index (χ0) is 59.2. The molecule has 1 atom stereocenters. The molecule has 0 bridgehead atoms. The summed E-state index contributed by atoms with van der Waals surface area (Å²) >= 11 is 0. The Hall–Kier alpha value is -3.67. The first kappa shape index (κ1) is 78.3. The molecule has 0 spiro atoms. The van der Waals surface area contributed by atoms with Gasteiger partial charge in [-0.05, 0) is 96.3 Å². The summed E-state index contributed by atoms with van der Waals surface area (Å²) in [6.07, 6.45) is 94.3. The van der Waals surface area contributed by atoms with Crippen LogP contribution in [0.1, 0.15) is 348 Å². The number of carbonyl (C=O) groups excluding carboxylic acids is 3. The van der Waals surface area contributed by atoms with Crippen molar-refractivity contribution in [3.8, 4) is 0 Å². The Morgan fingerprint density at radius 3 is 0.744 bits per heavy atom. The maximum atomic E-state index is 13.0. The molecule has 0 amide bonds. The zero-order valence-electron chi connectivity index (χ0n) is 54.2. The second kappa shape index (κ2) is 69.8. The molecule has 0 heterocycles. The number of rotatable bonds is 64. The van der Waals surface area contributed by atoms with E-state index in [1.807, 2.05) is 0 Å². The van der Waals surface area contributed by atoms with Crippen LogP contribution >= 0.6 is 0 Å². The SMILES string of the molecule is CC/C=C\C/C=C\C/C=C\C/C=C\CCCCCCCCCCCCCCCCCCC(=O)OCC(COC(=O)CCCCCC/C=C\C/C=C\C/C=C\C/C=C\CC)OC(=O)CCCCCCCCCCCCCCCCCCCC. The van der Waals surface area contributed by atoms with E-state index in [4.69, 9.17) is 14.2 Å². The lowest BCUT2D eigenvalue weighted by Crippen LogP contribution is -2.30. The van der Waals surface area contributed by atoms with Crippen LogP contribution in [-0.2, 0) is 28.6 Å². The van der Waals surface area contributed by atoms with Crippen molar-refractivity contribution in [2.45, 2.75) is 354 Å². The van der Waals surface area contributed by atoms with Gasteiger partial charge >= 0.3 is 17.9 Å². The van der Waals surface area contributed by atoms with Gasteiger partial charge in [-0.1, -0.05) is 330 Å². The Bertz CT molecular complexity index is 1590. The van der Waals surface area contributed by atoms with Crippen LogP contribution in [0, 0.1) is 0 Å². The predicted molar refractivity (Wildman–Crippen MR) is 357 cm³/mol. The van der Waals surface area contributed by atoms with Crippen LogP contribution < -0.4 is 0 Å². The molecule has 0 saturated carbocycles. The fourth-order valence-electron chi connectivity index (χ4n) is 10.1. The molecular weight excluding hydrogens is 1010 g/mol. The van der Waals surface area contributed by atoms with E-state index in [0.29, 0.717) is 19.3 Å². The van der Waals surface area contributed by atoms with Gasteiger partial charge in [0.05, 0.1) is 0 Å². The quantitative estimate of drug-likeness (QED) is 0.0261. The van der Waals surface area contributed by atoms with Crippen LogP contribution in [0.5, 0.6) is 0 Å². The Balaban J connectivity index is 4.29. The van der Waals surface area contributed by atoms with Gasteiger partial charge in [-0.3, -0.25) is 14.4 Å². The molecule has 0 N–H and O–H groups in total. The normalized spacial score (nSPS) is 12.7. The van der Waals surface area contributed by atoms with Gasteiger partial charge in [0, 0.05) is 19.3 Å². The van der Waals surface area contributed by atoms with Gasteiger partial charge in [0.1, 0.15) is 13.2 Å². The van der Waals surface area contributed by atoms with Crippen molar-refractivity contribution in [2.75, 3.05) is 13.2 Å². The molecule has 0 aliphatic rings. The molecule has 0 saturated heterocycles. The molecule has 472 valence electrons. The largest absolute Gasteiger partial charge is 0.462 e. The van der Waals surface area contributed by atoms with Crippen molar-refractivity contribution < 1.29 is 28.6 Å². The van der Waals surface area contributed by atoms with Gasteiger partial charge in [0.25, 0.3) is 0 Å². The van der Waals surface area contributed by atoms with Crippen LogP contribution in [0.15, 0.2) is 97.2 Å². The topological polar surface area (TPSA) is 78.9 Å². The summed E-state index contributed by atoms with van der Waals surface area (Å²) < 4.78 is 17.0. The van der Waals surface area contributed by atoms with Gasteiger partial charge in [0.15, 0.2) is 6.10 Å². The lowest BCUT2D eigenvalue weighted by atomic mass is 10.0. The minimum Gasteiger partial charge on any atom is -0.462 e. The molecule has 1 unspecified atom stereocenters. The maximum Gasteiger partial charge on any atom is 0.306 e. The first-order valence-electron chi connectivity index (χ1n) is 35.2. The standard InChI is InChI=1S/C76H132O6/c1-4-7-10-13-16-19-22-25-28-31-33-34-35-36-37-38-39-40-41-42-43-46-48-51-54-57-60-63-66-69-75(78)81-72-73(71-80-74(77)68-65-62-59-56-53-50-47-44-30-27-24-21-18-15-12-9-6-3)82-76(79)70-67-64-61-58-55-52-49-45-32-29-26-23-20-17-14-11-8-5-2/h7,9-10,12,16,18-19,21,25,27-28,30,33-34,47,50,73H,4-6,8,11,13-15,17,20,22-24,26,29,31-32,35-46,48-49,51-72H2,1-3H3/b10-7-,12-9-,19-16-,21-18-,28-25-,30-27-,34-33-,50-47-. The molecule has 0 aromatic rings. The van der Waals surface area contributed by atoms with E-state index in [1.165, 1.54) is 186 Å². The van der Waals surface area contributed by atoms with Gasteiger partial charge < -0.3 is 14.2 Å². The number of hydrogen-bond acceptors (Lipinski definition) is 6. The van der Waals surface area contributed by atoms with Crippen molar-refractivity contribution >= 4 is 17.9 Å². The van der Waals surface area contributed by atoms with E-state index in [9.17, 15) is 14.4 Å². The number of allylic oxidation sites excluding steroid dienone is 16. The monoisotopic (exact) mass is 1140 g/mol.